The Kier molecular flexibility index (Phi) is 10.2. The third-order valence-corrected chi connectivity index (χ3v) is 11.5. The predicted molar refractivity (Wildman–Crippen MR) is 191 cm³/mol. The van der Waals surface area contributed by atoms with E-state index in [1.54, 1.807) is 12.3 Å². The fourth-order valence-electron chi connectivity index (χ4n) is 6.72. The number of hydrogen-bond acceptors (Lipinski definition) is 7. The summed E-state index contributed by atoms with van der Waals surface area (Å²) in [6, 6.07) is 19.1. The van der Waals surface area contributed by atoms with Crippen molar-refractivity contribution in [1.82, 2.24) is 25.4 Å². The second-order valence-electron chi connectivity index (χ2n) is 14.5. The van der Waals surface area contributed by atoms with Gasteiger partial charge in [0.15, 0.2) is 5.82 Å². The second-order valence-corrected chi connectivity index (χ2v) is 15.6. The Morgan fingerprint density at radius 3 is 2.16 bits per heavy atom. The van der Waals surface area contributed by atoms with Gasteiger partial charge in [0, 0.05) is 35.5 Å². The topological polar surface area (TPSA) is 125 Å². The standard InChI is InChI=1S/C39H45N5O4S/c1-5-24-6-10-26(11-7-24)27-14-16-28(17-15-27)32-21-40-35(43-42-32)29-12-8-25(9-13-29)20-31(37(46)44-22-30(23-44)38(47)48)41-36(45)33-18-19-34(49-33)39(2,3)4/h8-9,12-19,21,24,26,30-31H,5-7,10-11,20,22-23H2,1-4H3,(H,41,45)(H,47,48)/t24?,26?,31-/m0/s1. The molecule has 3 heterocycles. The van der Waals surface area contributed by atoms with Crippen LogP contribution in [0.3, 0.4) is 0 Å². The first-order valence-electron chi connectivity index (χ1n) is 17.3. The van der Waals surface area contributed by atoms with Crippen LogP contribution in [0.15, 0.2) is 66.9 Å². The molecule has 2 fully saturated rings. The molecule has 1 saturated heterocycles. The van der Waals surface area contributed by atoms with Crippen molar-refractivity contribution < 1.29 is 19.5 Å². The first-order chi connectivity index (χ1) is 23.5. The molecule has 49 heavy (non-hydrogen) atoms. The number of hydrogen-bond donors (Lipinski definition) is 2. The maximum atomic E-state index is 13.5. The molecule has 10 heteroatoms. The smallest absolute Gasteiger partial charge is 0.310 e. The highest BCUT2D eigenvalue weighted by molar-refractivity contribution is 7.14. The predicted octanol–water partition coefficient (Wildman–Crippen LogP) is 7.13. The zero-order valence-electron chi connectivity index (χ0n) is 28.7. The Morgan fingerprint density at radius 1 is 0.918 bits per heavy atom. The molecule has 2 aromatic heterocycles. The monoisotopic (exact) mass is 679 g/mol. The Morgan fingerprint density at radius 2 is 1.59 bits per heavy atom. The quantitative estimate of drug-likeness (QED) is 0.183. The molecule has 1 saturated carbocycles. The third-order valence-electron chi connectivity index (χ3n) is 10.0. The highest BCUT2D eigenvalue weighted by Crippen LogP contribution is 2.37. The number of nitrogens with one attached hydrogen (secondary N) is 1. The van der Waals surface area contributed by atoms with E-state index in [1.807, 2.05) is 30.3 Å². The van der Waals surface area contributed by atoms with Crippen molar-refractivity contribution in [2.24, 2.45) is 11.8 Å². The number of benzene rings is 2. The number of carboxylic acids is 1. The van der Waals surface area contributed by atoms with Crippen LogP contribution in [0.4, 0.5) is 0 Å². The number of carbonyl (C=O) groups excluding carboxylic acids is 2. The summed E-state index contributed by atoms with van der Waals surface area (Å²) >= 11 is 1.41. The van der Waals surface area contributed by atoms with Crippen LogP contribution in [0, 0.1) is 11.8 Å². The van der Waals surface area contributed by atoms with Crippen molar-refractivity contribution in [1.29, 1.82) is 0 Å². The fraction of sp³-hybridized carbons (Fsp3) is 0.436. The Balaban J connectivity index is 1.11. The van der Waals surface area contributed by atoms with Crippen LogP contribution in [0.1, 0.15) is 91.4 Å². The summed E-state index contributed by atoms with van der Waals surface area (Å²) in [5.74, 6) is -0.102. The van der Waals surface area contributed by atoms with E-state index >= 15 is 0 Å². The summed E-state index contributed by atoms with van der Waals surface area (Å²) in [5, 5.41) is 21.1. The molecule has 4 aromatic rings. The van der Waals surface area contributed by atoms with Crippen LogP contribution < -0.4 is 5.32 Å². The Hall–Kier alpha value is -4.44. The summed E-state index contributed by atoms with van der Waals surface area (Å²) < 4.78 is 0. The molecular weight excluding hydrogens is 635 g/mol. The zero-order valence-corrected chi connectivity index (χ0v) is 29.5. The molecule has 0 unspecified atom stereocenters. The molecule has 2 aliphatic rings. The lowest BCUT2D eigenvalue weighted by Gasteiger charge is -2.38. The van der Waals surface area contributed by atoms with Gasteiger partial charge in [-0.15, -0.1) is 21.5 Å². The van der Waals surface area contributed by atoms with Gasteiger partial charge in [-0.1, -0.05) is 82.6 Å². The average Bonchev–Trinajstić information content (AvgIpc) is 3.60. The van der Waals surface area contributed by atoms with E-state index in [2.05, 4.69) is 72.5 Å². The van der Waals surface area contributed by atoms with Crippen LogP contribution in [0.25, 0.3) is 22.6 Å². The van der Waals surface area contributed by atoms with Gasteiger partial charge in [0.1, 0.15) is 11.7 Å². The van der Waals surface area contributed by atoms with Gasteiger partial charge in [-0.2, -0.15) is 0 Å². The van der Waals surface area contributed by atoms with Gasteiger partial charge in [0.2, 0.25) is 5.91 Å². The Bertz CT molecular complexity index is 1770. The van der Waals surface area contributed by atoms with Gasteiger partial charge in [0.25, 0.3) is 5.91 Å². The van der Waals surface area contributed by atoms with Crippen LogP contribution in [-0.4, -0.2) is 62.1 Å². The molecule has 6 rings (SSSR count). The molecule has 2 amide bonds. The first kappa shape index (κ1) is 34.4. The van der Waals surface area contributed by atoms with Crippen LogP contribution in [0.5, 0.6) is 0 Å². The number of thiophene rings is 1. The van der Waals surface area contributed by atoms with E-state index in [-0.39, 0.29) is 36.7 Å². The molecule has 0 bridgehead atoms. The van der Waals surface area contributed by atoms with Gasteiger partial charge in [-0.3, -0.25) is 14.4 Å². The minimum atomic E-state index is -0.920. The maximum Gasteiger partial charge on any atom is 0.310 e. The molecule has 1 aliphatic heterocycles. The van der Waals surface area contributed by atoms with E-state index in [4.69, 9.17) is 0 Å². The van der Waals surface area contributed by atoms with Gasteiger partial charge in [-0.25, -0.2) is 4.98 Å². The molecule has 256 valence electrons. The van der Waals surface area contributed by atoms with E-state index in [1.165, 1.54) is 53.9 Å². The summed E-state index contributed by atoms with van der Waals surface area (Å²) in [5.41, 5.74) is 4.63. The number of rotatable bonds is 10. The number of nitrogens with zero attached hydrogens (tertiary/aromatic N) is 4. The van der Waals surface area contributed by atoms with Crippen LogP contribution in [0.2, 0.25) is 0 Å². The number of carbonyl (C=O) groups is 3. The van der Waals surface area contributed by atoms with Crippen molar-refractivity contribution >= 4 is 29.1 Å². The van der Waals surface area contributed by atoms with E-state index in [0.717, 1.165) is 33.2 Å². The van der Waals surface area contributed by atoms with Gasteiger partial charge < -0.3 is 15.3 Å². The second kappa shape index (κ2) is 14.6. The average molecular weight is 680 g/mol. The lowest BCUT2D eigenvalue weighted by Crippen LogP contribution is -2.59. The summed E-state index contributed by atoms with van der Waals surface area (Å²) in [7, 11) is 0. The van der Waals surface area contributed by atoms with E-state index in [9.17, 15) is 19.5 Å². The first-order valence-corrected chi connectivity index (χ1v) is 18.1. The van der Waals surface area contributed by atoms with E-state index < -0.39 is 17.9 Å². The van der Waals surface area contributed by atoms with E-state index in [0.29, 0.717) is 16.6 Å². The fourth-order valence-corrected chi connectivity index (χ4v) is 7.69. The molecule has 9 nitrogen and oxygen atoms in total. The van der Waals surface area contributed by atoms with Crippen LogP contribution >= 0.6 is 11.3 Å². The number of amides is 2. The molecular formula is C39H45N5O4S. The molecule has 1 aliphatic carbocycles. The number of likely N-dealkylation sites (tertiary alicyclic amines) is 1. The van der Waals surface area contributed by atoms with Crippen molar-refractivity contribution in [3.05, 3.63) is 87.7 Å². The lowest BCUT2D eigenvalue weighted by atomic mass is 9.78. The lowest BCUT2D eigenvalue weighted by molar-refractivity contribution is -0.153. The van der Waals surface area contributed by atoms with Crippen LogP contribution in [-0.2, 0) is 21.4 Å². The Labute approximate surface area is 292 Å². The number of carboxylic acid groups (broad SMARTS) is 1. The van der Waals surface area contributed by atoms with Gasteiger partial charge >= 0.3 is 5.97 Å². The normalized spacial score (nSPS) is 18.8. The number of aliphatic carboxylic acids is 1. The maximum absolute atomic E-state index is 13.5. The highest BCUT2D eigenvalue weighted by atomic mass is 32.1. The van der Waals surface area contributed by atoms with Crippen molar-refractivity contribution in [2.75, 3.05) is 13.1 Å². The summed E-state index contributed by atoms with van der Waals surface area (Å²) in [4.78, 5) is 45.8. The number of aromatic nitrogens is 3. The van der Waals surface area contributed by atoms with Gasteiger partial charge in [-0.05, 0) is 66.2 Å². The minimum Gasteiger partial charge on any atom is -0.481 e. The zero-order chi connectivity index (χ0) is 34.7. The molecule has 1 atom stereocenters. The summed E-state index contributed by atoms with van der Waals surface area (Å²) in [6.07, 6.45) is 8.44. The highest BCUT2D eigenvalue weighted by Gasteiger charge is 2.39. The van der Waals surface area contributed by atoms with Crippen molar-refractivity contribution in [2.45, 2.75) is 83.6 Å². The largest absolute Gasteiger partial charge is 0.481 e. The molecule has 2 aromatic carbocycles. The molecule has 2 N–H and O–H groups in total. The van der Waals surface area contributed by atoms with Crippen molar-refractivity contribution in [3.63, 3.8) is 0 Å². The van der Waals surface area contributed by atoms with Crippen molar-refractivity contribution in [3.8, 4) is 22.6 Å². The molecule has 0 radical (unpaired) electrons. The SMILES string of the molecule is CCC1CCC(c2ccc(-c3cnc(-c4ccc(C[C@H](NC(=O)c5ccc(C(C)(C)C)s5)C(=O)N5CC(C(=O)O)C5)cc4)nn3)cc2)CC1. The summed E-state index contributed by atoms with van der Waals surface area (Å²) in [6.45, 7) is 8.83. The minimum absolute atomic E-state index is 0.0955. The third kappa shape index (κ3) is 8.07. The van der Waals surface area contributed by atoms with Gasteiger partial charge in [0.05, 0.1) is 17.0 Å². The molecule has 0 spiro atoms.